The Labute approximate surface area is 250 Å². The number of amides is 2. The fourth-order valence-corrected chi connectivity index (χ4v) is 6.61. The van der Waals surface area contributed by atoms with E-state index in [0.29, 0.717) is 32.8 Å². The van der Waals surface area contributed by atoms with Crippen molar-refractivity contribution in [2.24, 2.45) is 0 Å². The number of carbonyl (C=O) groups is 2. The van der Waals surface area contributed by atoms with Gasteiger partial charge < -0.3 is 10.2 Å². The summed E-state index contributed by atoms with van der Waals surface area (Å²) < 4.78 is 0. The summed E-state index contributed by atoms with van der Waals surface area (Å²) in [5.74, 6) is 0.486. The molecule has 4 rings (SSSR count). The highest BCUT2D eigenvalue weighted by Gasteiger charge is 2.32. The van der Waals surface area contributed by atoms with E-state index >= 15 is 0 Å². The normalized spacial score (nSPS) is 14.5. The lowest BCUT2D eigenvalue weighted by Gasteiger charge is -2.34. The van der Waals surface area contributed by atoms with E-state index in [9.17, 15) is 9.59 Å². The lowest BCUT2D eigenvalue weighted by molar-refractivity contribution is -0.139. The van der Waals surface area contributed by atoms with Gasteiger partial charge in [-0.05, 0) is 42.2 Å². The molecule has 39 heavy (non-hydrogen) atoms. The van der Waals surface area contributed by atoms with Crippen molar-refractivity contribution < 1.29 is 9.59 Å². The van der Waals surface area contributed by atoms with Gasteiger partial charge in [0.2, 0.25) is 11.8 Å². The fourth-order valence-electron chi connectivity index (χ4n) is 4.90. The molecule has 0 unspecified atom stereocenters. The maximum atomic E-state index is 13.9. The molecule has 3 aromatic carbocycles. The third-order valence-corrected chi connectivity index (χ3v) is 9.10. The number of benzene rings is 3. The Morgan fingerprint density at radius 1 is 0.846 bits per heavy atom. The smallest absolute Gasteiger partial charge is 0.243 e. The molecule has 0 aliphatic heterocycles. The Morgan fingerprint density at radius 3 is 2.18 bits per heavy atom. The zero-order valence-electron chi connectivity index (χ0n) is 21.8. The summed E-state index contributed by atoms with van der Waals surface area (Å²) in [7, 11) is 0. The summed E-state index contributed by atoms with van der Waals surface area (Å²) in [4.78, 5) is 29.4. The standard InChI is InChI=1S/C31H33Cl3N2O2S/c32-26-15-8-7-12-23(26)20-39-21-30(37)36(19-25-27(33)16-9-17-28(25)34)29(18-22-10-3-1-4-11-22)31(38)35-24-13-5-2-6-14-24/h1,3-4,7-12,15-17,24,29H,2,5-6,13-14,18-21H2,(H,35,38)/t29-/m0/s1. The Morgan fingerprint density at radius 2 is 1.49 bits per heavy atom. The van der Waals surface area contributed by atoms with Gasteiger partial charge in [0, 0.05) is 45.4 Å². The van der Waals surface area contributed by atoms with E-state index in [1.54, 1.807) is 23.1 Å². The van der Waals surface area contributed by atoms with Crippen LogP contribution < -0.4 is 5.32 Å². The monoisotopic (exact) mass is 602 g/mol. The quantitative estimate of drug-likeness (QED) is 0.242. The first-order chi connectivity index (χ1) is 18.9. The van der Waals surface area contributed by atoms with Gasteiger partial charge >= 0.3 is 0 Å². The summed E-state index contributed by atoms with van der Waals surface area (Å²) in [6.45, 7) is 0.138. The molecule has 2 amide bonds. The molecule has 0 spiro atoms. The minimum absolute atomic E-state index is 0.125. The van der Waals surface area contributed by atoms with E-state index in [2.05, 4.69) is 5.32 Å². The molecule has 206 valence electrons. The highest BCUT2D eigenvalue weighted by atomic mass is 35.5. The van der Waals surface area contributed by atoms with Crippen LogP contribution in [0.4, 0.5) is 0 Å². The zero-order valence-corrected chi connectivity index (χ0v) is 24.8. The molecule has 1 N–H and O–H groups in total. The first-order valence-electron chi connectivity index (χ1n) is 13.3. The molecule has 0 radical (unpaired) electrons. The van der Waals surface area contributed by atoms with Gasteiger partial charge in [-0.2, -0.15) is 0 Å². The maximum absolute atomic E-state index is 13.9. The first-order valence-corrected chi connectivity index (χ1v) is 15.6. The number of nitrogens with one attached hydrogen (secondary N) is 1. The molecule has 1 aliphatic rings. The second kappa shape index (κ2) is 15.0. The number of thioether (sulfide) groups is 1. The molecule has 1 atom stereocenters. The van der Waals surface area contributed by atoms with Crippen LogP contribution in [0.25, 0.3) is 0 Å². The molecular formula is C31H33Cl3N2O2S. The van der Waals surface area contributed by atoms with Gasteiger partial charge in [-0.25, -0.2) is 0 Å². The average molecular weight is 604 g/mol. The van der Waals surface area contributed by atoms with E-state index < -0.39 is 6.04 Å². The zero-order chi connectivity index (χ0) is 27.6. The van der Waals surface area contributed by atoms with E-state index in [1.165, 1.54) is 18.2 Å². The third kappa shape index (κ3) is 8.65. The number of hydrogen-bond donors (Lipinski definition) is 1. The van der Waals surface area contributed by atoms with E-state index in [0.717, 1.165) is 36.8 Å². The van der Waals surface area contributed by atoms with Crippen LogP contribution in [0.5, 0.6) is 0 Å². The van der Waals surface area contributed by atoms with Crippen LogP contribution in [-0.2, 0) is 28.3 Å². The Balaban J connectivity index is 1.61. The molecule has 1 saturated carbocycles. The van der Waals surface area contributed by atoms with Crippen LogP contribution >= 0.6 is 46.6 Å². The van der Waals surface area contributed by atoms with Crippen molar-refractivity contribution >= 4 is 58.4 Å². The summed E-state index contributed by atoms with van der Waals surface area (Å²) in [5, 5.41) is 4.86. The lowest BCUT2D eigenvalue weighted by atomic mass is 9.94. The number of rotatable bonds is 11. The number of halogens is 3. The van der Waals surface area contributed by atoms with Gasteiger partial charge in [-0.1, -0.05) is 109 Å². The van der Waals surface area contributed by atoms with Gasteiger partial charge in [0.1, 0.15) is 6.04 Å². The highest BCUT2D eigenvalue weighted by Crippen LogP contribution is 2.28. The Bertz CT molecular complexity index is 1230. The van der Waals surface area contributed by atoms with E-state index in [-0.39, 0.29) is 30.2 Å². The molecule has 0 bridgehead atoms. The SMILES string of the molecule is O=C(NC1CCCCC1)[C@H](Cc1ccccc1)N(Cc1c(Cl)cccc1Cl)C(=O)CSCc1ccccc1Cl. The van der Waals surface area contributed by atoms with E-state index in [1.807, 2.05) is 54.6 Å². The van der Waals surface area contributed by atoms with Crippen LogP contribution in [0.15, 0.2) is 72.8 Å². The average Bonchev–Trinajstić information content (AvgIpc) is 2.94. The molecular weight excluding hydrogens is 571 g/mol. The van der Waals surface area contributed by atoms with Crippen LogP contribution in [0, 0.1) is 0 Å². The molecule has 1 fully saturated rings. The summed E-state index contributed by atoms with van der Waals surface area (Å²) in [6, 6.07) is 22.1. The number of nitrogens with zero attached hydrogens (tertiary/aromatic N) is 1. The van der Waals surface area contributed by atoms with Crippen molar-refractivity contribution in [3.63, 3.8) is 0 Å². The largest absolute Gasteiger partial charge is 0.352 e. The summed E-state index contributed by atoms with van der Waals surface area (Å²) >= 11 is 20.9. The van der Waals surface area contributed by atoms with Gasteiger partial charge in [0.05, 0.1) is 5.75 Å². The highest BCUT2D eigenvalue weighted by molar-refractivity contribution is 7.99. The van der Waals surface area contributed by atoms with Crippen molar-refractivity contribution in [3.05, 3.63) is 105 Å². The maximum Gasteiger partial charge on any atom is 0.243 e. The van der Waals surface area contributed by atoms with Crippen LogP contribution in [0.2, 0.25) is 15.1 Å². The van der Waals surface area contributed by atoms with Crippen LogP contribution in [0.1, 0.15) is 48.8 Å². The molecule has 0 aromatic heterocycles. The predicted molar refractivity (Wildman–Crippen MR) is 164 cm³/mol. The molecule has 4 nitrogen and oxygen atoms in total. The Hall–Kier alpha value is -2.18. The second-order valence-electron chi connectivity index (χ2n) is 9.86. The van der Waals surface area contributed by atoms with E-state index in [4.69, 9.17) is 34.8 Å². The lowest BCUT2D eigenvalue weighted by Crippen LogP contribution is -2.53. The molecule has 0 saturated heterocycles. The van der Waals surface area contributed by atoms with Crippen LogP contribution in [-0.4, -0.2) is 34.6 Å². The third-order valence-electron chi connectivity index (χ3n) is 7.05. The van der Waals surface area contributed by atoms with Crippen LogP contribution in [0.3, 0.4) is 0 Å². The fraction of sp³-hybridized carbons (Fsp3) is 0.355. The van der Waals surface area contributed by atoms with Crippen molar-refractivity contribution in [3.8, 4) is 0 Å². The first kappa shape index (κ1) is 29.8. The molecule has 1 aliphatic carbocycles. The molecule has 8 heteroatoms. The number of carbonyl (C=O) groups excluding carboxylic acids is 2. The minimum Gasteiger partial charge on any atom is -0.352 e. The number of hydrogen-bond acceptors (Lipinski definition) is 3. The topological polar surface area (TPSA) is 49.4 Å². The van der Waals surface area contributed by atoms with Crippen molar-refractivity contribution in [2.45, 2.75) is 62.9 Å². The Kier molecular flexibility index (Phi) is 11.5. The second-order valence-corrected chi connectivity index (χ2v) is 12.1. The molecule has 3 aromatic rings. The predicted octanol–water partition coefficient (Wildman–Crippen LogP) is 7.97. The van der Waals surface area contributed by atoms with Gasteiger partial charge in [0.15, 0.2) is 0 Å². The van der Waals surface area contributed by atoms with Crippen molar-refractivity contribution in [1.82, 2.24) is 10.2 Å². The summed E-state index contributed by atoms with van der Waals surface area (Å²) in [6.07, 6.45) is 5.71. The summed E-state index contributed by atoms with van der Waals surface area (Å²) in [5.41, 5.74) is 2.58. The van der Waals surface area contributed by atoms with Crippen molar-refractivity contribution in [2.75, 3.05) is 5.75 Å². The van der Waals surface area contributed by atoms with Gasteiger partial charge in [0.25, 0.3) is 0 Å². The minimum atomic E-state index is -0.713. The van der Waals surface area contributed by atoms with Gasteiger partial charge in [-0.3, -0.25) is 9.59 Å². The van der Waals surface area contributed by atoms with Crippen molar-refractivity contribution in [1.29, 1.82) is 0 Å². The van der Waals surface area contributed by atoms with Gasteiger partial charge in [-0.15, -0.1) is 11.8 Å². The molecule has 0 heterocycles.